The fourth-order valence-corrected chi connectivity index (χ4v) is 1.46. The molecule has 0 radical (unpaired) electrons. The lowest BCUT2D eigenvalue weighted by molar-refractivity contribution is -0.125. The molecule has 1 aromatic heterocycles. The summed E-state index contributed by atoms with van der Waals surface area (Å²) in [7, 11) is 0. The van der Waals surface area contributed by atoms with Gasteiger partial charge in [-0.25, -0.2) is 13.8 Å². The number of benzene rings is 1. The van der Waals surface area contributed by atoms with E-state index in [9.17, 15) is 22.0 Å². The number of nitrogens with one attached hydrogen (secondary N) is 2. The van der Waals surface area contributed by atoms with Crippen molar-refractivity contribution in [2.24, 2.45) is 0 Å². The first-order chi connectivity index (χ1) is 8.35. The van der Waals surface area contributed by atoms with Crippen molar-refractivity contribution in [1.82, 2.24) is 15.3 Å². The second kappa shape index (κ2) is 4.52. The third-order valence-corrected chi connectivity index (χ3v) is 2.19. The summed E-state index contributed by atoms with van der Waals surface area (Å²) in [5.41, 5.74) is 0.399. The molecule has 18 heavy (non-hydrogen) atoms. The molecule has 0 saturated carbocycles. The first-order valence-corrected chi connectivity index (χ1v) is 4.96. The molecule has 1 aromatic carbocycles. The summed E-state index contributed by atoms with van der Waals surface area (Å²) >= 11 is 0. The van der Waals surface area contributed by atoms with Crippen molar-refractivity contribution in [3.63, 3.8) is 0 Å². The molecule has 3 nitrogen and oxygen atoms in total. The Morgan fingerprint density at radius 1 is 1.17 bits per heavy atom. The third kappa shape index (κ3) is 2.95. The van der Waals surface area contributed by atoms with Crippen LogP contribution in [0.4, 0.5) is 22.0 Å². The summed E-state index contributed by atoms with van der Waals surface area (Å²) < 4.78 is 61.4. The zero-order chi connectivity index (χ0) is 13.3. The quantitative estimate of drug-likeness (QED) is 0.837. The molecule has 98 valence electrons. The molecule has 0 unspecified atom stereocenters. The normalized spacial score (nSPS) is 12.3. The van der Waals surface area contributed by atoms with E-state index in [4.69, 9.17) is 0 Å². The first-order valence-electron chi connectivity index (χ1n) is 4.96. The summed E-state index contributed by atoms with van der Waals surface area (Å²) in [6.45, 7) is -1.33. The second-order valence-corrected chi connectivity index (χ2v) is 3.69. The third-order valence-electron chi connectivity index (χ3n) is 2.19. The predicted octanol–water partition coefficient (Wildman–Crippen LogP) is 2.49. The Labute approximate surface area is 98.0 Å². The van der Waals surface area contributed by atoms with Crippen molar-refractivity contribution in [3.05, 3.63) is 29.6 Å². The predicted molar refractivity (Wildman–Crippen MR) is 53.8 cm³/mol. The highest BCUT2D eigenvalue weighted by Gasteiger charge is 2.26. The van der Waals surface area contributed by atoms with Crippen LogP contribution in [0.1, 0.15) is 5.82 Å². The molecule has 0 aliphatic rings. The molecule has 0 atom stereocenters. The molecule has 0 aliphatic heterocycles. The van der Waals surface area contributed by atoms with Gasteiger partial charge in [-0.3, -0.25) is 0 Å². The van der Waals surface area contributed by atoms with Gasteiger partial charge in [0.25, 0.3) is 0 Å². The SMILES string of the molecule is Fc1cc2nc(CNCC(F)(F)F)[nH]c2cc1F. The summed E-state index contributed by atoms with van der Waals surface area (Å²) in [6.07, 6.45) is -4.32. The molecule has 0 aliphatic carbocycles. The van der Waals surface area contributed by atoms with Gasteiger partial charge >= 0.3 is 6.18 Å². The molecule has 2 aromatic rings. The van der Waals surface area contributed by atoms with Gasteiger partial charge in [0.1, 0.15) is 5.82 Å². The number of imidazole rings is 1. The standard InChI is InChI=1S/C10H8F5N3/c11-5-1-7-8(2-6(5)12)18-9(17-7)3-16-4-10(13,14)15/h1-2,16H,3-4H2,(H,17,18). The van der Waals surface area contributed by atoms with E-state index in [1.807, 2.05) is 0 Å². The summed E-state index contributed by atoms with van der Waals surface area (Å²) in [6, 6.07) is 1.79. The van der Waals surface area contributed by atoms with Gasteiger partial charge in [-0.15, -0.1) is 0 Å². The maximum absolute atomic E-state index is 12.9. The number of hydrogen-bond acceptors (Lipinski definition) is 2. The van der Waals surface area contributed by atoms with Crippen LogP contribution in [0.2, 0.25) is 0 Å². The zero-order valence-electron chi connectivity index (χ0n) is 8.91. The Morgan fingerprint density at radius 2 is 1.83 bits per heavy atom. The van der Waals surface area contributed by atoms with E-state index >= 15 is 0 Å². The lowest BCUT2D eigenvalue weighted by Crippen LogP contribution is -2.28. The smallest absolute Gasteiger partial charge is 0.341 e. The van der Waals surface area contributed by atoms with E-state index in [-0.39, 0.29) is 23.4 Å². The molecular weight excluding hydrogens is 257 g/mol. The number of H-pyrrole nitrogens is 1. The fourth-order valence-electron chi connectivity index (χ4n) is 1.46. The average Bonchev–Trinajstić information content (AvgIpc) is 2.58. The fraction of sp³-hybridized carbons (Fsp3) is 0.300. The van der Waals surface area contributed by atoms with Crippen LogP contribution in [0, 0.1) is 11.6 Å². The minimum Gasteiger partial charge on any atom is -0.341 e. The van der Waals surface area contributed by atoms with Gasteiger partial charge in [0, 0.05) is 12.1 Å². The van der Waals surface area contributed by atoms with Gasteiger partial charge in [-0.05, 0) is 0 Å². The lowest BCUT2D eigenvalue weighted by Gasteiger charge is -2.05. The topological polar surface area (TPSA) is 40.7 Å². The van der Waals surface area contributed by atoms with Crippen molar-refractivity contribution in [2.75, 3.05) is 6.54 Å². The van der Waals surface area contributed by atoms with Crippen molar-refractivity contribution < 1.29 is 22.0 Å². The van der Waals surface area contributed by atoms with Gasteiger partial charge in [0.05, 0.1) is 24.1 Å². The van der Waals surface area contributed by atoms with Crippen LogP contribution < -0.4 is 5.32 Å². The highest BCUT2D eigenvalue weighted by atomic mass is 19.4. The summed E-state index contributed by atoms with van der Waals surface area (Å²) in [5.74, 6) is -1.91. The molecule has 0 fully saturated rings. The lowest BCUT2D eigenvalue weighted by atomic mass is 10.3. The molecule has 0 amide bonds. The molecule has 0 bridgehead atoms. The molecule has 1 heterocycles. The van der Waals surface area contributed by atoms with E-state index in [1.165, 1.54) is 0 Å². The number of aromatic nitrogens is 2. The van der Waals surface area contributed by atoms with E-state index in [0.717, 1.165) is 12.1 Å². The molecule has 8 heteroatoms. The Bertz CT molecular complexity index is 521. The number of halogens is 5. The van der Waals surface area contributed by atoms with E-state index in [0.29, 0.717) is 0 Å². The Hall–Kier alpha value is -1.70. The molecule has 2 rings (SSSR count). The van der Waals surface area contributed by atoms with Gasteiger partial charge in [0.2, 0.25) is 0 Å². The van der Waals surface area contributed by atoms with Crippen LogP contribution in [-0.4, -0.2) is 22.7 Å². The largest absolute Gasteiger partial charge is 0.401 e. The van der Waals surface area contributed by atoms with Gasteiger partial charge in [-0.1, -0.05) is 0 Å². The number of aromatic amines is 1. The van der Waals surface area contributed by atoms with E-state index in [2.05, 4.69) is 15.3 Å². The monoisotopic (exact) mass is 265 g/mol. The number of hydrogen-bond donors (Lipinski definition) is 2. The first kappa shape index (κ1) is 12.7. The average molecular weight is 265 g/mol. The van der Waals surface area contributed by atoms with Crippen LogP contribution in [0.5, 0.6) is 0 Å². The van der Waals surface area contributed by atoms with Crippen LogP contribution in [0.15, 0.2) is 12.1 Å². The van der Waals surface area contributed by atoms with Crippen molar-refractivity contribution in [2.45, 2.75) is 12.7 Å². The number of fused-ring (bicyclic) bond motifs is 1. The van der Waals surface area contributed by atoms with E-state index < -0.39 is 24.4 Å². The number of alkyl halides is 3. The summed E-state index contributed by atoms with van der Waals surface area (Å²) in [5, 5.41) is 2.13. The summed E-state index contributed by atoms with van der Waals surface area (Å²) in [4.78, 5) is 6.44. The maximum atomic E-state index is 12.9. The maximum Gasteiger partial charge on any atom is 0.401 e. The van der Waals surface area contributed by atoms with Crippen LogP contribution in [-0.2, 0) is 6.54 Å². The van der Waals surface area contributed by atoms with Crippen molar-refractivity contribution in [3.8, 4) is 0 Å². The van der Waals surface area contributed by atoms with Crippen LogP contribution in [0.3, 0.4) is 0 Å². The minimum absolute atomic E-state index is 0.165. The van der Waals surface area contributed by atoms with Crippen LogP contribution in [0.25, 0.3) is 11.0 Å². The number of nitrogens with zero attached hydrogens (tertiary/aromatic N) is 1. The van der Waals surface area contributed by atoms with Gasteiger partial charge in [0.15, 0.2) is 11.6 Å². The van der Waals surface area contributed by atoms with Gasteiger partial charge in [-0.2, -0.15) is 13.2 Å². The second-order valence-electron chi connectivity index (χ2n) is 3.69. The van der Waals surface area contributed by atoms with Crippen molar-refractivity contribution >= 4 is 11.0 Å². The Kier molecular flexibility index (Phi) is 3.20. The zero-order valence-corrected chi connectivity index (χ0v) is 8.91. The van der Waals surface area contributed by atoms with E-state index in [1.54, 1.807) is 0 Å². The van der Waals surface area contributed by atoms with Crippen molar-refractivity contribution in [1.29, 1.82) is 0 Å². The molecular formula is C10H8F5N3. The Balaban J connectivity index is 2.11. The van der Waals surface area contributed by atoms with Crippen LogP contribution >= 0.6 is 0 Å². The minimum atomic E-state index is -4.32. The van der Waals surface area contributed by atoms with Gasteiger partial charge < -0.3 is 10.3 Å². The highest BCUT2D eigenvalue weighted by Crippen LogP contribution is 2.16. The Morgan fingerprint density at radius 3 is 2.50 bits per heavy atom. The highest BCUT2D eigenvalue weighted by molar-refractivity contribution is 5.75. The molecule has 0 saturated heterocycles. The number of rotatable bonds is 3. The molecule has 2 N–H and O–H groups in total. The molecule has 0 spiro atoms.